The molecule has 2 heteroatoms. The molecule has 0 spiro atoms. The Kier molecular flexibility index (Phi) is 3.68. The highest BCUT2D eigenvalue weighted by Gasteiger charge is 2.29. The van der Waals surface area contributed by atoms with E-state index in [4.69, 9.17) is 5.73 Å². The van der Waals surface area contributed by atoms with Gasteiger partial charge in [0.05, 0.1) is 0 Å². The fourth-order valence-electron chi connectivity index (χ4n) is 3.13. The van der Waals surface area contributed by atoms with E-state index in [0.717, 1.165) is 12.5 Å². The SMILES string of the molecule is CN(CC1CCC1)CC1(N)CCCCC1. The van der Waals surface area contributed by atoms with Crippen LogP contribution in [0.3, 0.4) is 0 Å². The Morgan fingerprint density at radius 1 is 1.13 bits per heavy atom. The van der Waals surface area contributed by atoms with Crippen LogP contribution in [0.25, 0.3) is 0 Å². The van der Waals surface area contributed by atoms with Gasteiger partial charge in [-0.05, 0) is 38.6 Å². The van der Waals surface area contributed by atoms with Crippen molar-refractivity contribution in [1.82, 2.24) is 4.90 Å². The highest BCUT2D eigenvalue weighted by molar-refractivity contribution is 4.90. The summed E-state index contributed by atoms with van der Waals surface area (Å²) in [6, 6.07) is 0. The molecule has 2 rings (SSSR count). The third kappa shape index (κ3) is 3.18. The molecular formula is C13H26N2. The van der Waals surface area contributed by atoms with Gasteiger partial charge in [0.1, 0.15) is 0 Å². The van der Waals surface area contributed by atoms with Crippen LogP contribution < -0.4 is 5.73 Å². The van der Waals surface area contributed by atoms with E-state index in [1.807, 2.05) is 0 Å². The molecule has 0 heterocycles. The molecule has 0 aromatic carbocycles. The van der Waals surface area contributed by atoms with E-state index in [2.05, 4.69) is 11.9 Å². The van der Waals surface area contributed by atoms with Crippen molar-refractivity contribution >= 4 is 0 Å². The molecule has 15 heavy (non-hydrogen) atoms. The molecule has 0 amide bonds. The van der Waals surface area contributed by atoms with Gasteiger partial charge in [0.15, 0.2) is 0 Å². The van der Waals surface area contributed by atoms with Gasteiger partial charge in [-0.15, -0.1) is 0 Å². The lowest BCUT2D eigenvalue weighted by molar-refractivity contribution is 0.152. The molecule has 0 atom stereocenters. The van der Waals surface area contributed by atoms with Gasteiger partial charge < -0.3 is 10.6 Å². The molecule has 2 aliphatic rings. The number of likely N-dealkylation sites (N-methyl/N-ethyl adjacent to an activating group) is 1. The van der Waals surface area contributed by atoms with Crippen molar-refractivity contribution in [3.05, 3.63) is 0 Å². The Labute approximate surface area is 94.2 Å². The van der Waals surface area contributed by atoms with Crippen LogP contribution in [0.15, 0.2) is 0 Å². The van der Waals surface area contributed by atoms with E-state index in [9.17, 15) is 0 Å². The van der Waals surface area contributed by atoms with Gasteiger partial charge in [-0.3, -0.25) is 0 Å². The van der Waals surface area contributed by atoms with Gasteiger partial charge in [-0.2, -0.15) is 0 Å². The van der Waals surface area contributed by atoms with Crippen LogP contribution >= 0.6 is 0 Å². The van der Waals surface area contributed by atoms with Crippen LogP contribution in [0, 0.1) is 5.92 Å². The predicted octanol–water partition coefficient (Wildman–Crippen LogP) is 2.38. The van der Waals surface area contributed by atoms with Gasteiger partial charge in [-0.25, -0.2) is 0 Å². The van der Waals surface area contributed by atoms with E-state index >= 15 is 0 Å². The number of nitrogens with zero attached hydrogens (tertiary/aromatic N) is 1. The Bertz CT molecular complexity index is 193. The number of hydrogen-bond donors (Lipinski definition) is 1. The second kappa shape index (κ2) is 4.84. The van der Waals surface area contributed by atoms with Crippen molar-refractivity contribution in [3.63, 3.8) is 0 Å². The summed E-state index contributed by atoms with van der Waals surface area (Å²) in [4.78, 5) is 2.48. The zero-order chi connectivity index (χ0) is 10.7. The zero-order valence-electron chi connectivity index (χ0n) is 10.2. The zero-order valence-corrected chi connectivity index (χ0v) is 10.2. The molecular weight excluding hydrogens is 184 g/mol. The first-order valence-electron chi connectivity index (χ1n) is 6.65. The van der Waals surface area contributed by atoms with Crippen molar-refractivity contribution in [1.29, 1.82) is 0 Å². The largest absolute Gasteiger partial charge is 0.324 e. The lowest BCUT2D eigenvalue weighted by Crippen LogP contribution is -2.51. The average Bonchev–Trinajstić information content (AvgIpc) is 2.12. The van der Waals surface area contributed by atoms with Crippen LogP contribution in [-0.2, 0) is 0 Å². The minimum Gasteiger partial charge on any atom is -0.324 e. The van der Waals surface area contributed by atoms with Gasteiger partial charge in [-0.1, -0.05) is 25.7 Å². The van der Waals surface area contributed by atoms with Crippen LogP contribution in [0.1, 0.15) is 51.4 Å². The van der Waals surface area contributed by atoms with Crippen LogP contribution in [0.2, 0.25) is 0 Å². The first-order chi connectivity index (χ1) is 7.18. The second-order valence-electron chi connectivity index (χ2n) is 5.92. The van der Waals surface area contributed by atoms with E-state index < -0.39 is 0 Å². The number of rotatable bonds is 4. The lowest BCUT2D eigenvalue weighted by Gasteiger charge is -2.39. The molecule has 2 saturated carbocycles. The molecule has 2 aliphatic carbocycles. The summed E-state index contributed by atoms with van der Waals surface area (Å²) < 4.78 is 0. The second-order valence-corrected chi connectivity index (χ2v) is 5.92. The summed E-state index contributed by atoms with van der Waals surface area (Å²) in [5.41, 5.74) is 6.59. The number of nitrogens with two attached hydrogens (primary N) is 1. The molecule has 2 N–H and O–H groups in total. The summed E-state index contributed by atoms with van der Waals surface area (Å²) in [7, 11) is 2.25. The molecule has 0 unspecified atom stereocenters. The lowest BCUT2D eigenvalue weighted by atomic mass is 9.81. The first-order valence-corrected chi connectivity index (χ1v) is 6.65. The summed E-state index contributed by atoms with van der Waals surface area (Å²) in [6.45, 7) is 2.39. The van der Waals surface area contributed by atoms with Gasteiger partial charge in [0.25, 0.3) is 0 Å². The molecule has 0 aliphatic heterocycles. The van der Waals surface area contributed by atoms with Crippen LogP contribution in [-0.4, -0.2) is 30.6 Å². The Hall–Kier alpha value is -0.0800. The number of hydrogen-bond acceptors (Lipinski definition) is 2. The van der Waals surface area contributed by atoms with E-state index in [0.29, 0.717) is 0 Å². The third-order valence-electron chi connectivity index (χ3n) is 4.23. The van der Waals surface area contributed by atoms with Crippen LogP contribution in [0.5, 0.6) is 0 Å². The highest BCUT2D eigenvalue weighted by Crippen LogP contribution is 2.29. The van der Waals surface area contributed by atoms with Gasteiger partial charge >= 0.3 is 0 Å². The molecule has 0 aromatic rings. The fourth-order valence-corrected chi connectivity index (χ4v) is 3.13. The van der Waals surface area contributed by atoms with E-state index in [-0.39, 0.29) is 5.54 Å². The Morgan fingerprint density at radius 2 is 1.80 bits per heavy atom. The minimum absolute atomic E-state index is 0.136. The summed E-state index contributed by atoms with van der Waals surface area (Å²) >= 11 is 0. The first kappa shape index (κ1) is 11.4. The smallest absolute Gasteiger partial charge is 0.0283 e. The predicted molar refractivity (Wildman–Crippen MR) is 64.8 cm³/mol. The van der Waals surface area contributed by atoms with Crippen LogP contribution in [0.4, 0.5) is 0 Å². The standard InChI is InChI=1S/C13H26N2/c1-15(10-12-6-5-7-12)11-13(14)8-3-2-4-9-13/h12H,2-11,14H2,1H3. The van der Waals surface area contributed by atoms with Crippen molar-refractivity contribution in [2.75, 3.05) is 20.1 Å². The topological polar surface area (TPSA) is 29.3 Å². The van der Waals surface area contributed by atoms with Crippen molar-refractivity contribution in [2.24, 2.45) is 11.7 Å². The van der Waals surface area contributed by atoms with E-state index in [1.165, 1.54) is 57.9 Å². The molecule has 0 radical (unpaired) electrons. The van der Waals surface area contributed by atoms with Gasteiger partial charge in [0, 0.05) is 18.6 Å². The van der Waals surface area contributed by atoms with Crippen molar-refractivity contribution in [2.45, 2.75) is 56.9 Å². The molecule has 0 bridgehead atoms. The quantitative estimate of drug-likeness (QED) is 0.772. The fraction of sp³-hybridized carbons (Fsp3) is 1.00. The van der Waals surface area contributed by atoms with Crippen molar-refractivity contribution in [3.8, 4) is 0 Å². The normalized spacial score (nSPS) is 26.6. The Morgan fingerprint density at radius 3 is 2.33 bits per heavy atom. The average molecular weight is 210 g/mol. The van der Waals surface area contributed by atoms with E-state index in [1.54, 1.807) is 0 Å². The molecule has 0 saturated heterocycles. The maximum Gasteiger partial charge on any atom is 0.0283 e. The van der Waals surface area contributed by atoms with Crippen molar-refractivity contribution < 1.29 is 0 Å². The highest BCUT2D eigenvalue weighted by atomic mass is 15.1. The molecule has 2 fully saturated rings. The molecule has 88 valence electrons. The maximum absolute atomic E-state index is 6.45. The Balaban J connectivity index is 1.73. The molecule has 2 nitrogen and oxygen atoms in total. The summed E-state index contributed by atoms with van der Waals surface area (Å²) in [6.07, 6.45) is 10.9. The maximum atomic E-state index is 6.45. The molecule has 0 aromatic heterocycles. The summed E-state index contributed by atoms with van der Waals surface area (Å²) in [5, 5.41) is 0. The monoisotopic (exact) mass is 210 g/mol. The third-order valence-corrected chi connectivity index (χ3v) is 4.23. The summed E-state index contributed by atoms with van der Waals surface area (Å²) in [5.74, 6) is 0.974. The van der Waals surface area contributed by atoms with Gasteiger partial charge in [0.2, 0.25) is 0 Å². The minimum atomic E-state index is 0.136.